The average molecular weight is 860 g/mol. The van der Waals surface area contributed by atoms with Gasteiger partial charge in [0.1, 0.15) is 19.7 Å². The lowest BCUT2D eigenvalue weighted by atomic mass is 10.2. The summed E-state index contributed by atoms with van der Waals surface area (Å²) in [6.07, 6.45) is 13.1. The number of carbonyl (C=O) groups excluding carboxylic acids is 2. The minimum absolute atomic E-state index is 0. The molecule has 0 aliphatic carbocycles. The number of terminal acetylenes is 1. The maximum Gasteiger partial charge on any atom is 0.338 e. The second kappa shape index (κ2) is 25.9. The predicted molar refractivity (Wildman–Crippen MR) is 215 cm³/mol. The lowest BCUT2D eigenvalue weighted by molar-refractivity contribution is -0.459. The summed E-state index contributed by atoms with van der Waals surface area (Å²) in [5.41, 5.74) is 16.4. The van der Waals surface area contributed by atoms with Gasteiger partial charge >= 0.3 is 5.96 Å². The first kappa shape index (κ1) is 47.3. The van der Waals surface area contributed by atoms with Crippen LogP contribution in [0.25, 0.3) is 0 Å². The molecule has 2 fully saturated rings. The number of piperazine rings is 2. The quantitative estimate of drug-likeness (QED) is 0.0229. The van der Waals surface area contributed by atoms with E-state index in [0.29, 0.717) is 123 Å². The number of nitrogens with zero attached hydrogens (tertiary/aromatic N) is 13. The Labute approximate surface area is 356 Å². The van der Waals surface area contributed by atoms with Crippen LogP contribution in [0.15, 0.2) is 12.4 Å². The van der Waals surface area contributed by atoms with Crippen molar-refractivity contribution in [3.05, 3.63) is 23.8 Å². The van der Waals surface area contributed by atoms with Crippen molar-refractivity contribution in [3.8, 4) is 12.3 Å². The fourth-order valence-electron chi connectivity index (χ4n) is 6.36. The van der Waals surface area contributed by atoms with Gasteiger partial charge in [0.25, 0.3) is 0 Å². The predicted octanol–water partition coefficient (Wildman–Crippen LogP) is -8.30. The number of aromatic nitrogens is 9. The number of ether oxygens (including phenoxy) is 3. The van der Waals surface area contributed by atoms with Crippen molar-refractivity contribution in [2.24, 2.45) is 11.5 Å². The highest BCUT2D eigenvalue weighted by molar-refractivity contribution is 5.76. The van der Waals surface area contributed by atoms with E-state index in [1.165, 1.54) is 0 Å². The summed E-state index contributed by atoms with van der Waals surface area (Å²) in [6, 6.07) is 0. The van der Waals surface area contributed by atoms with Crippen molar-refractivity contribution in [1.29, 1.82) is 0 Å². The summed E-state index contributed by atoms with van der Waals surface area (Å²) in [6.45, 7) is 8.75. The molecule has 23 nitrogen and oxygen atoms in total. The Morgan fingerprint density at radius 1 is 0.750 bits per heavy atom. The van der Waals surface area contributed by atoms with Crippen LogP contribution in [0.3, 0.4) is 0 Å². The number of anilines is 3. The molecule has 0 atom stereocenters. The molecule has 3 aromatic rings. The normalized spacial score (nSPS) is 14.1. The molecule has 0 aromatic carbocycles. The molecule has 60 heavy (non-hydrogen) atoms. The summed E-state index contributed by atoms with van der Waals surface area (Å²) < 4.78 is 19.6. The molecule has 24 heteroatoms. The molecule has 0 radical (unpaired) electrons. The standard InChI is InChI=1S/C36H58N18O5.ClH/c1-2-19-57-21-23-59-24-22-58-20-10-41-34-42-35(51-15-11-49(12-16-51)31(55)27-53-25-29(45-47-53)6-3-4-8-37)44-36(43-34)52-17-13-50(14-18-52)32(56)28-54-26-30(46-48-54)7-5-9-40-33(38)39;/h1,25-26H,3-24,27-28,37H2,(H4,38,39,40)(H,41,42,43,44);1H/p+1. The number of amides is 2. The number of nitrogens with two attached hydrogens (primary N) is 2. The molecule has 2 aliphatic rings. The molecular formula is C36H60ClN18O5+. The minimum atomic E-state index is -0.0454. The van der Waals surface area contributed by atoms with E-state index in [2.05, 4.69) is 52.4 Å². The highest BCUT2D eigenvalue weighted by atomic mass is 35.5. The van der Waals surface area contributed by atoms with Crippen LogP contribution >= 0.6 is 0 Å². The maximum atomic E-state index is 13.2. The first-order valence-electron chi connectivity index (χ1n) is 20.2. The van der Waals surface area contributed by atoms with E-state index in [4.69, 9.17) is 47.1 Å². The number of quaternary nitrogens is 1. The number of hydrogen-bond acceptors (Lipinski definition) is 15. The molecule has 2 amide bonds. The first-order chi connectivity index (χ1) is 28.8. The van der Waals surface area contributed by atoms with Crippen molar-refractivity contribution in [2.75, 3.05) is 127 Å². The molecule has 0 spiro atoms. The molecule has 5 heterocycles. The van der Waals surface area contributed by atoms with Gasteiger partial charge in [0.2, 0.25) is 29.7 Å². The van der Waals surface area contributed by atoms with E-state index in [-0.39, 0.29) is 49.9 Å². The van der Waals surface area contributed by atoms with Crippen LogP contribution in [0.4, 0.5) is 17.8 Å². The van der Waals surface area contributed by atoms with Gasteiger partial charge in [-0.2, -0.15) is 15.0 Å². The van der Waals surface area contributed by atoms with Gasteiger partial charge in [-0.15, -0.1) is 16.6 Å². The van der Waals surface area contributed by atoms with Crippen molar-refractivity contribution in [3.63, 3.8) is 0 Å². The molecule has 9 N–H and O–H groups in total. The Balaban J connectivity index is 0.00000794. The average Bonchev–Trinajstić information content (AvgIpc) is 3.90. The van der Waals surface area contributed by atoms with E-state index in [1.807, 2.05) is 16.0 Å². The van der Waals surface area contributed by atoms with Gasteiger partial charge < -0.3 is 57.3 Å². The Bertz CT molecular complexity index is 1800. The summed E-state index contributed by atoms with van der Waals surface area (Å²) in [5, 5.41) is 20.0. The molecule has 2 saturated heterocycles. The zero-order valence-corrected chi connectivity index (χ0v) is 35.1. The zero-order valence-electron chi connectivity index (χ0n) is 34.3. The Morgan fingerprint density at radius 3 is 1.78 bits per heavy atom. The van der Waals surface area contributed by atoms with Crippen molar-refractivity contribution in [2.45, 2.75) is 45.2 Å². The molecule has 330 valence electrons. The number of hydrogen-bond donors (Lipinski definition) is 5. The summed E-state index contributed by atoms with van der Waals surface area (Å²) in [4.78, 5) is 51.5. The number of halogens is 1. The lowest BCUT2D eigenvalue weighted by Gasteiger charge is -2.36. The molecule has 0 unspecified atom stereocenters. The number of carbonyl (C=O) groups is 2. The van der Waals surface area contributed by atoms with Gasteiger partial charge in [-0.25, -0.2) is 9.36 Å². The van der Waals surface area contributed by atoms with Gasteiger partial charge in [0.05, 0.1) is 57.5 Å². The summed E-state index contributed by atoms with van der Waals surface area (Å²) in [7, 11) is 0. The van der Waals surface area contributed by atoms with Gasteiger partial charge in [0.15, 0.2) is 0 Å². The third-order valence-corrected chi connectivity index (χ3v) is 9.54. The number of guanidine groups is 1. The van der Waals surface area contributed by atoms with E-state index in [9.17, 15) is 9.59 Å². The SMILES string of the molecule is C#CCOCCOCCOCCNc1nc(N2CCN(C(=O)Cn3cc(CCCC[NH3+])nn3)CC2)nc(N2CCN(C(=O)Cn3cc(CCC[NH+]=C(N)N)nn3)CC2)n1.[Cl-]. The zero-order chi connectivity index (χ0) is 41.7. The van der Waals surface area contributed by atoms with E-state index >= 15 is 0 Å². The van der Waals surface area contributed by atoms with Gasteiger partial charge in [0, 0.05) is 71.3 Å². The van der Waals surface area contributed by atoms with Crippen LogP contribution in [-0.4, -0.2) is 184 Å². The molecule has 0 saturated carbocycles. The molecule has 3 aromatic heterocycles. The fourth-order valence-corrected chi connectivity index (χ4v) is 6.36. The van der Waals surface area contributed by atoms with Gasteiger partial charge in [-0.05, 0) is 32.1 Å². The summed E-state index contributed by atoms with van der Waals surface area (Å²) in [5.74, 6) is 3.96. The second-order valence-electron chi connectivity index (χ2n) is 14.0. The molecule has 0 bridgehead atoms. The number of nitrogens with one attached hydrogen (secondary N) is 2. The van der Waals surface area contributed by atoms with Gasteiger partial charge in [-0.1, -0.05) is 16.3 Å². The second-order valence-corrected chi connectivity index (χ2v) is 14.0. The Morgan fingerprint density at radius 2 is 1.27 bits per heavy atom. The van der Waals surface area contributed by atoms with Crippen LogP contribution in [0, 0.1) is 12.3 Å². The Kier molecular flexibility index (Phi) is 20.4. The van der Waals surface area contributed by atoms with Crippen LogP contribution in [0.2, 0.25) is 0 Å². The highest BCUT2D eigenvalue weighted by Crippen LogP contribution is 2.20. The van der Waals surface area contributed by atoms with Crippen LogP contribution in [0.5, 0.6) is 0 Å². The van der Waals surface area contributed by atoms with E-state index < -0.39 is 0 Å². The molecule has 5 rings (SSSR count). The fraction of sp³-hybridized carbons (Fsp3) is 0.667. The summed E-state index contributed by atoms with van der Waals surface area (Å²) >= 11 is 0. The van der Waals surface area contributed by atoms with Crippen LogP contribution in [0.1, 0.15) is 30.7 Å². The highest BCUT2D eigenvalue weighted by Gasteiger charge is 2.27. The minimum Gasteiger partial charge on any atom is -1.00 e. The smallest absolute Gasteiger partial charge is 0.338 e. The van der Waals surface area contributed by atoms with E-state index in [1.54, 1.807) is 15.6 Å². The number of rotatable bonds is 25. The first-order valence-corrected chi connectivity index (χ1v) is 20.2. The largest absolute Gasteiger partial charge is 1.00 e. The van der Waals surface area contributed by atoms with Crippen molar-refractivity contribution >= 4 is 35.6 Å². The Hall–Kier alpha value is -5.41. The third-order valence-electron chi connectivity index (χ3n) is 9.54. The van der Waals surface area contributed by atoms with Crippen LogP contribution in [-0.2, 0) is 49.7 Å². The lowest BCUT2D eigenvalue weighted by Crippen LogP contribution is -3.00. The van der Waals surface area contributed by atoms with E-state index in [0.717, 1.165) is 43.6 Å². The van der Waals surface area contributed by atoms with Gasteiger partial charge in [-0.3, -0.25) is 26.0 Å². The number of aryl methyl sites for hydroxylation is 2. The topological polar surface area (TPSA) is 281 Å². The monoisotopic (exact) mass is 859 g/mol. The van der Waals surface area contributed by atoms with Crippen molar-refractivity contribution < 1.29 is 46.9 Å². The van der Waals surface area contributed by atoms with Crippen LogP contribution < -0.4 is 49.7 Å². The maximum absolute atomic E-state index is 13.2. The number of unbranched alkanes of at least 4 members (excludes halogenated alkanes) is 1. The van der Waals surface area contributed by atoms with Crippen molar-refractivity contribution in [1.82, 2.24) is 54.7 Å². The third kappa shape index (κ3) is 16.0. The molecule has 2 aliphatic heterocycles. The molecular weight excluding hydrogens is 800 g/mol.